The fourth-order valence-corrected chi connectivity index (χ4v) is 3.16. The Hall–Kier alpha value is -2.24. The van der Waals surface area contributed by atoms with Gasteiger partial charge in [0.25, 0.3) is 0 Å². The molecule has 2 aromatic carbocycles. The van der Waals surface area contributed by atoms with Gasteiger partial charge in [-0.3, -0.25) is 4.90 Å². The summed E-state index contributed by atoms with van der Waals surface area (Å²) in [5.41, 5.74) is 1.96. The van der Waals surface area contributed by atoms with E-state index in [0.29, 0.717) is 18.9 Å². The molecule has 1 heterocycles. The molecule has 5 nitrogen and oxygen atoms in total. The van der Waals surface area contributed by atoms with Crippen molar-refractivity contribution in [2.45, 2.75) is 13.0 Å². The van der Waals surface area contributed by atoms with Gasteiger partial charge in [0.2, 0.25) is 0 Å². The van der Waals surface area contributed by atoms with Crippen LogP contribution in [0.15, 0.2) is 48.5 Å². The van der Waals surface area contributed by atoms with Gasteiger partial charge in [0.05, 0.1) is 5.69 Å². The maximum atomic E-state index is 10.3. The summed E-state index contributed by atoms with van der Waals surface area (Å²) in [5.74, 6) is 1.15. The molecule has 1 atom stereocenters. The van der Waals surface area contributed by atoms with Crippen LogP contribution in [0.1, 0.15) is 5.56 Å². The van der Waals surface area contributed by atoms with E-state index in [9.17, 15) is 10.2 Å². The molecule has 1 aliphatic heterocycles. The number of aromatic hydroxyl groups is 1. The summed E-state index contributed by atoms with van der Waals surface area (Å²) >= 11 is 0. The lowest BCUT2D eigenvalue weighted by Gasteiger charge is -2.37. The molecule has 3 rings (SSSR count). The van der Waals surface area contributed by atoms with Gasteiger partial charge in [-0.2, -0.15) is 0 Å². The predicted octanol–water partition coefficient (Wildman–Crippen LogP) is 2.26. The molecule has 1 unspecified atom stereocenters. The number of hydrogen-bond acceptors (Lipinski definition) is 5. The molecule has 0 aliphatic carbocycles. The van der Waals surface area contributed by atoms with Gasteiger partial charge in [-0.1, -0.05) is 30.3 Å². The first-order chi connectivity index (χ1) is 12.1. The fraction of sp³-hybridized carbons (Fsp3) is 0.400. The molecule has 0 radical (unpaired) electrons. The first-order valence-corrected chi connectivity index (χ1v) is 8.75. The number of rotatable bonds is 6. The summed E-state index contributed by atoms with van der Waals surface area (Å²) in [6.45, 7) is 6.28. The lowest BCUT2D eigenvalue weighted by Crippen LogP contribution is -2.49. The molecule has 134 valence electrons. The van der Waals surface area contributed by atoms with Crippen LogP contribution in [0, 0.1) is 6.92 Å². The van der Waals surface area contributed by atoms with E-state index in [2.05, 4.69) is 9.80 Å². The summed E-state index contributed by atoms with van der Waals surface area (Å²) in [6.07, 6.45) is -0.517. The zero-order valence-corrected chi connectivity index (χ0v) is 14.6. The molecule has 1 aliphatic rings. The minimum absolute atomic E-state index is 0.296. The van der Waals surface area contributed by atoms with Gasteiger partial charge in [-0.15, -0.1) is 0 Å². The van der Waals surface area contributed by atoms with E-state index >= 15 is 0 Å². The van der Waals surface area contributed by atoms with Crippen LogP contribution >= 0.6 is 0 Å². The lowest BCUT2D eigenvalue weighted by atomic mass is 10.2. The largest absolute Gasteiger partial charge is 0.506 e. The van der Waals surface area contributed by atoms with Crippen molar-refractivity contribution in [1.82, 2.24) is 4.90 Å². The minimum Gasteiger partial charge on any atom is -0.506 e. The third kappa shape index (κ3) is 4.65. The van der Waals surface area contributed by atoms with E-state index < -0.39 is 6.10 Å². The van der Waals surface area contributed by atoms with Gasteiger partial charge >= 0.3 is 0 Å². The Kier molecular flexibility index (Phi) is 5.79. The summed E-state index contributed by atoms with van der Waals surface area (Å²) in [7, 11) is 0. The molecular weight excluding hydrogens is 316 g/mol. The van der Waals surface area contributed by atoms with Gasteiger partial charge in [0.1, 0.15) is 24.2 Å². The maximum absolute atomic E-state index is 10.3. The van der Waals surface area contributed by atoms with Crippen molar-refractivity contribution in [2.24, 2.45) is 0 Å². The quantitative estimate of drug-likeness (QED) is 0.843. The standard InChI is InChI=1S/C20H26N2O3/c1-16-6-2-5-9-20(16)25-15-17(23)14-21-10-12-22(13-11-21)18-7-3-4-8-19(18)24/h2-9,17,23-24H,10-15H2,1H3. The lowest BCUT2D eigenvalue weighted by molar-refractivity contribution is 0.0660. The van der Waals surface area contributed by atoms with Crippen molar-refractivity contribution in [3.8, 4) is 11.5 Å². The Balaban J connectivity index is 1.44. The van der Waals surface area contributed by atoms with E-state index in [4.69, 9.17) is 4.74 Å². The summed E-state index contributed by atoms with van der Waals surface area (Å²) in [5, 5.41) is 20.2. The maximum Gasteiger partial charge on any atom is 0.138 e. The van der Waals surface area contributed by atoms with E-state index in [1.807, 2.05) is 49.4 Å². The van der Waals surface area contributed by atoms with Crippen LogP contribution in [-0.2, 0) is 0 Å². The Morgan fingerprint density at radius 2 is 1.68 bits per heavy atom. The van der Waals surface area contributed by atoms with Gasteiger partial charge in [-0.25, -0.2) is 0 Å². The number of nitrogens with zero attached hydrogens (tertiary/aromatic N) is 2. The number of para-hydroxylation sites is 3. The van der Waals surface area contributed by atoms with Crippen LogP contribution < -0.4 is 9.64 Å². The zero-order chi connectivity index (χ0) is 17.6. The molecule has 0 bridgehead atoms. The van der Waals surface area contributed by atoms with Crippen LogP contribution in [0.5, 0.6) is 11.5 Å². The highest BCUT2D eigenvalue weighted by molar-refractivity contribution is 5.57. The molecule has 0 saturated carbocycles. The van der Waals surface area contributed by atoms with Crippen molar-refractivity contribution >= 4 is 5.69 Å². The van der Waals surface area contributed by atoms with Crippen LogP contribution in [0.4, 0.5) is 5.69 Å². The topological polar surface area (TPSA) is 56.2 Å². The molecule has 0 spiro atoms. The number of phenolic OH excluding ortho intramolecular Hbond substituents is 1. The van der Waals surface area contributed by atoms with E-state index in [-0.39, 0.29) is 0 Å². The van der Waals surface area contributed by atoms with E-state index in [0.717, 1.165) is 43.2 Å². The molecule has 2 aromatic rings. The normalized spacial score (nSPS) is 16.6. The monoisotopic (exact) mass is 342 g/mol. The van der Waals surface area contributed by atoms with Gasteiger partial charge in [0.15, 0.2) is 0 Å². The fourth-order valence-electron chi connectivity index (χ4n) is 3.16. The van der Waals surface area contributed by atoms with Crippen molar-refractivity contribution in [3.05, 3.63) is 54.1 Å². The highest BCUT2D eigenvalue weighted by Gasteiger charge is 2.21. The van der Waals surface area contributed by atoms with Gasteiger partial charge in [-0.05, 0) is 30.7 Å². The Labute approximate surface area is 149 Å². The van der Waals surface area contributed by atoms with Crippen molar-refractivity contribution in [3.63, 3.8) is 0 Å². The van der Waals surface area contributed by atoms with Crippen LogP contribution in [-0.4, -0.2) is 60.5 Å². The molecule has 2 N–H and O–H groups in total. The number of ether oxygens (including phenoxy) is 1. The smallest absolute Gasteiger partial charge is 0.138 e. The first kappa shape index (κ1) is 17.6. The van der Waals surface area contributed by atoms with Crippen molar-refractivity contribution in [2.75, 3.05) is 44.2 Å². The molecule has 1 fully saturated rings. The SMILES string of the molecule is Cc1ccccc1OCC(O)CN1CCN(c2ccccc2O)CC1. The number of β-amino-alcohol motifs (C(OH)–C–C–N with tert-alkyl or cyclic N) is 1. The van der Waals surface area contributed by atoms with Gasteiger partial charge < -0.3 is 19.8 Å². The van der Waals surface area contributed by atoms with E-state index in [1.54, 1.807) is 6.07 Å². The Bertz CT molecular complexity index is 684. The number of phenols is 1. The molecule has 25 heavy (non-hydrogen) atoms. The first-order valence-electron chi connectivity index (χ1n) is 8.75. The van der Waals surface area contributed by atoms with Crippen LogP contribution in [0.3, 0.4) is 0 Å². The predicted molar refractivity (Wildman–Crippen MR) is 99.4 cm³/mol. The zero-order valence-electron chi connectivity index (χ0n) is 14.6. The number of hydrogen-bond donors (Lipinski definition) is 2. The molecule has 0 aromatic heterocycles. The average Bonchev–Trinajstić information content (AvgIpc) is 2.62. The molecular formula is C20H26N2O3. The van der Waals surface area contributed by atoms with Crippen molar-refractivity contribution < 1.29 is 14.9 Å². The number of aryl methyl sites for hydroxylation is 1. The number of aliphatic hydroxyl groups is 1. The molecule has 1 saturated heterocycles. The third-order valence-corrected chi connectivity index (χ3v) is 4.59. The van der Waals surface area contributed by atoms with Crippen LogP contribution in [0.25, 0.3) is 0 Å². The second kappa shape index (κ2) is 8.23. The third-order valence-electron chi connectivity index (χ3n) is 4.59. The number of piperazine rings is 1. The summed E-state index contributed by atoms with van der Waals surface area (Å²) in [4.78, 5) is 4.42. The number of anilines is 1. The van der Waals surface area contributed by atoms with Crippen LogP contribution in [0.2, 0.25) is 0 Å². The Morgan fingerprint density at radius 3 is 2.40 bits per heavy atom. The second-order valence-corrected chi connectivity index (χ2v) is 6.51. The minimum atomic E-state index is -0.517. The molecule has 0 amide bonds. The second-order valence-electron chi connectivity index (χ2n) is 6.51. The Morgan fingerprint density at radius 1 is 1.00 bits per heavy atom. The highest BCUT2D eigenvalue weighted by atomic mass is 16.5. The highest BCUT2D eigenvalue weighted by Crippen LogP contribution is 2.27. The number of aliphatic hydroxyl groups excluding tert-OH is 1. The summed E-state index contributed by atoms with van der Waals surface area (Å²) < 4.78 is 5.73. The van der Waals surface area contributed by atoms with Gasteiger partial charge in [0, 0.05) is 32.7 Å². The number of benzene rings is 2. The molecule has 5 heteroatoms. The van der Waals surface area contributed by atoms with E-state index in [1.165, 1.54) is 0 Å². The summed E-state index contributed by atoms with van der Waals surface area (Å²) in [6, 6.07) is 15.3. The van der Waals surface area contributed by atoms with Crippen molar-refractivity contribution in [1.29, 1.82) is 0 Å². The average molecular weight is 342 g/mol.